The van der Waals surface area contributed by atoms with Crippen LogP contribution in [0.15, 0.2) is 24.3 Å². The quantitative estimate of drug-likeness (QED) is 0.853. The molecule has 7 heteroatoms. The summed E-state index contributed by atoms with van der Waals surface area (Å²) in [6.45, 7) is 4.70. The molecule has 1 aromatic carbocycles. The predicted octanol–water partition coefficient (Wildman–Crippen LogP) is 2.83. The van der Waals surface area contributed by atoms with Crippen LogP contribution >= 0.6 is 36.4 Å². The highest BCUT2D eigenvalue weighted by molar-refractivity contribution is 6.33. The molecule has 0 unspecified atom stereocenters. The molecule has 1 aliphatic heterocycles. The van der Waals surface area contributed by atoms with Gasteiger partial charge >= 0.3 is 0 Å². The third-order valence-corrected chi connectivity index (χ3v) is 4.55. The predicted molar refractivity (Wildman–Crippen MR) is 100 cm³/mol. The average molecular weight is 381 g/mol. The van der Waals surface area contributed by atoms with Crippen LogP contribution in [0.4, 0.5) is 5.69 Å². The van der Waals surface area contributed by atoms with Crippen LogP contribution < -0.4 is 10.2 Å². The maximum Gasteiger partial charge on any atom is 0.236 e. The highest BCUT2D eigenvalue weighted by atomic mass is 35.5. The summed E-state index contributed by atoms with van der Waals surface area (Å²) in [5.41, 5.74) is 1.07. The van der Waals surface area contributed by atoms with E-state index in [1.54, 1.807) is 0 Å². The Morgan fingerprint density at radius 2 is 1.78 bits per heavy atom. The van der Waals surface area contributed by atoms with Gasteiger partial charge < -0.3 is 15.1 Å². The fraction of sp³-hybridized carbons (Fsp3) is 0.562. The molecule has 1 aliphatic carbocycles. The maximum atomic E-state index is 12.1. The Labute approximate surface area is 155 Å². The number of carbonyl (C=O) groups excluding carboxylic acids is 1. The Hall–Kier alpha value is -0.680. The van der Waals surface area contributed by atoms with Crippen molar-refractivity contribution in [3.63, 3.8) is 0 Å². The summed E-state index contributed by atoms with van der Waals surface area (Å²) >= 11 is 6.23. The normalized spacial score (nSPS) is 17.3. The molecule has 0 aromatic heterocycles. The Balaban J connectivity index is 0.00000132. The molecule has 0 spiro atoms. The fourth-order valence-electron chi connectivity index (χ4n) is 2.72. The van der Waals surface area contributed by atoms with E-state index >= 15 is 0 Å². The minimum atomic E-state index is 0. The van der Waals surface area contributed by atoms with Gasteiger partial charge in [-0.1, -0.05) is 23.7 Å². The van der Waals surface area contributed by atoms with E-state index in [1.165, 1.54) is 12.8 Å². The van der Waals surface area contributed by atoms with Gasteiger partial charge in [-0.3, -0.25) is 4.79 Å². The van der Waals surface area contributed by atoms with E-state index in [9.17, 15) is 4.79 Å². The number of hydrogen-bond donors (Lipinski definition) is 1. The summed E-state index contributed by atoms with van der Waals surface area (Å²) in [5.74, 6) is 1.03. The lowest BCUT2D eigenvalue weighted by Crippen LogP contribution is -2.51. The van der Waals surface area contributed by atoms with E-state index in [0.29, 0.717) is 6.54 Å². The van der Waals surface area contributed by atoms with Gasteiger partial charge in [0.25, 0.3) is 0 Å². The van der Waals surface area contributed by atoms with E-state index in [-0.39, 0.29) is 30.7 Å². The standard InChI is InChI=1S/C16H22ClN3O.2ClH/c17-14-3-1-2-4-15(14)19-7-9-20(10-8-19)16(21)12-18-11-13-5-6-13;;/h1-4,13,18H,5-12H2;2*1H. The smallest absolute Gasteiger partial charge is 0.236 e. The van der Waals surface area contributed by atoms with Crippen LogP contribution in [0, 0.1) is 5.92 Å². The Bertz CT molecular complexity index is 503. The lowest BCUT2D eigenvalue weighted by Gasteiger charge is -2.36. The second-order valence-corrected chi connectivity index (χ2v) is 6.30. The summed E-state index contributed by atoms with van der Waals surface area (Å²) in [6.07, 6.45) is 2.63. The van der Waals surface area contributed by atoms with Gasteiger partial charge in [-0.2, -0.15) is 0 Å². The van der Waals surface area contributed by atoms with Gasteiger partial charge in [-0.25, -0.2) is 0 Å². The first-order valence-corrected chi connectivity index (χ1v) is 8.10. The molecule has 2 aliphatic rings. The van der Waals surface area contributed by atoms with E-state index < -0.39 is 0 Å². The van der Waals surface area contributed by atoms with Crippen molar-refractivity contribution in [3.05, 3.63) is 29.3 Å². The summed E-state index contributed by atoms with van der Waals surface area (Å²) in [4.78, 5) is 16.3. The highest BCUT2D eigenvalue weighted by Crippen LogP contribution is 2.27. The van der Waals surface area contributed by atoms with Crippen molar-refractivity contribution in [1.29, 1.82) is 0 Å². The van der Waals surface area contributed by atoms with Crippen molar-refractivity contribution in [1.82, 2.24) is 10.2 Å². The average Bonchev–Trinajstić information content (AvgIpc) is 3.32. The molecule has 1 saturated heterocycles. The molecule has 1 saturated carbocycles. The van der Waals surface area contributed by atoms with E-state index in [4.69, 9.17) is 11.6 Å². The second-order valence-electron chi connectivity index (χ2n) is 5.89. The molecule has 130 valence electrons. The number of hydrogen-bond acceptors (Lipinski definition) is 3. The topological polar surface area (TPSA) is 35.6 Å². The van der Waals surface area contributed by atoms with Crippen LogP contribution in [0.25, 0.3) is 0 Å². The van der Waals surface area contributed by atoms with Crippen molar-refractivity contribution in [2.75, 3.05) is 44.2 Å². The molecule has 0 bridgehead atoms. The molecule has 1 amide bonds. The number of piperazine rings is 1. The Kier molecular flexibility index (Phi) is 8.48. The molecule has 1 N–H and O–H groups in total. The monoisotopic (exact) mass is 379 g/mol. The third-order valence-electron chi connectivity index (χ3n) is 4.23. The number of amides is 1. The molecule has 1 heterocycles. The van der Waals surface area contributed by atoms with Crippen LogP contribution in [-0.2, 0) is 4.79 Å². The van der Waals surface area contributed by atoms with Gasteiger partial charge in [-0.05, 0) is 37.4 Å². The lowest BCUT2D eigenvalue weighted by molar-refractivity contribution is -0.130. The number of halogens is 3. The van der Waals surface area contributed by atoms with Gasteiger partial charge in [0.05, 0.1) is 17.3 Å². The number of nitrogens with one attached hydrogen (secondary N) is 1. The lowest BCUT2D eigenvalue weighted by atomic mass is 10.2. The molecule has 23 heavy (non-hydrogen) atoms. The number of nitrogens with zero attached hydrogens (tertiary/aromatic N) is 2. The summed E-state index contributed by atoms with van der Waals surface area (Å²) < 4.78 is 0. The largest absolute Gasteiger partial charge is 0.367 e. The van der Waals surface area contributed by atoms with Crippen LogP contribution in [0.5, 0.6) is 0 Å². The highest BCUT2D eigenvalue weighted by Gasteiger charge is 2.24. The molecule has 0 atom stereocenters. The van der Waals surface area contributed by atoms with Gasteiger partial charge in [-0.15, -0.1) is 24.8 Å². The van der Waals surface area contributed by atoms with Gasteiger partial charge in [0.15, 0.2) is 0 Å². The van der Waals surface area contributed by atoms with Crippen molar-refractivity contribution in [3.8, 4) is 0 Å². The fourth-order valence-corrected chi connectivity index (χ4v) is 2.98. The van der Waals surface area contributed by atoms with Gasteiger partial charge in [0.1, 0.15) is 0 Å². The van der Waals surface area contributed by atoms with Crippen LogP contribution in [0.3, 0.4) is 0 Å². The van der Waals surface area contributed by atoms with Crippen LogP contribution in [0.2, 0.25) is 5.02 Å². The molecule has 0 radical (unpaired) electrons. The molecule has 2 fully saturated rings. The first kappa shape index (κ1) is 20.4. The van der Waals surface area contributed by atoms with Gasteiger partial charge in [0.2, 0.25) is 5.91 Å². The number of anilines is 1. The zero-order chi connectivity index (χ0) is 14.7. The third kappa shape index (κ3) is 5.71. The van der Waals surface area contributed by atoms with Crippen molar-refractivity contribution < 1.29 is 4.79 Å². The summed E-state index contributed by atoms with van der Waals surface area (Å²) in [6, 6.07) is 7.89. The Morgan fingerprint density at radius 1 is 1.13 bits per heavy atom. The van der Waals surface area contributed by atoms with Crippen molar-refractivity contribution in [2.45, 2.75) is 12.8 Å². The number of para-hydroxylation sites is 1. The van der Waals surface area contributed by atoms with Crippen molar-refractivity contribution in [2.24, 2.45) is 5.92 Å². The SMILES string of the molecule is Cl.Cl.O=C(CNCC1CC1)N1CCN(c2ccccc2Cl)CC1. The number of rotatable bonds is 5. The maximum absolute atomic E-state index is 12.1. The molecule has 4 nitrogen and oxygen atoms in total. The minimum Gasteiger partial charge on any atom is -0.367 e. The van der Waals surface area contributed by atoms with E-state index in [2.05, 4.69) is 10.2 Å². The molecule has 3 rings (SSSR count). The summed E-state index contributed by atoms with van der Waals surface area (Å²) in [5, 5.41) is 4.05. The Morgan fingerprint density at radius 3 is 2.39 bits per heavy atom. The molecule has 1 aromatic rings. The second kappa shape index (κ2) is 9.58. The summed E-state index contributed by atoms with van der Waals surface area (Å²) in [7, 11) is 0. The minimum absolute atomic E-state index is 0. The molecular weight excluding hydrogens is 357 g/mol. The van der Waals surface area contributed by atoms with E-state index in [0.717, 1.165) is 49.4 Å². The van der Waals surface area contributed by atoms with E-state index in [1.807, 2.05) is 29.2 Å². The first-order chi connectivity index (χ1) is 10.2. The van der Waals surface area contributed by atoms with Crippen molar-refractivity contribution >= 4 is 48.0 Å². The van der Waals surface area contributed by atoms with Gasteiger partial charge in [0, 0.05) is 26.2 Å². The number of benzene rings is 1. The number of carbonyl (C=O) groups is 1. The molecular formula is C16H24Cl3N3O. The van der Waals surface area contributed by atoms with Crippen LogP contribution in [-0.4, -0.2) is 50.1 Å². The zero-order valence-corrected chi connectivity index (χ0v) is 15.4. The zero-order valence-electron chi connectivity index (χ0n) is 13.0. The van der Waals surface area contributed by atoms with Crippen LogP contribution in [0.1, 0.15) is 12.8 Å². The first-order valence-electron chi connectivity index (χ1n) is 7.72.